The van der Waals surface area contributed by atoms with E-state index in [0.717, 1.165) is 11.3 Å². The maximum absolute atomic E-state index is 14.0. The van der Waals surface area contributed by atoms with E-state index in [-0.39, 0.29) is 22.3 Å². The van der Waals surface area contributed by atoms with Crippen LogP contribution in [0.4, 0.5) is 10.2 Å². The van der Waals surface area contributed by atoms with Crippen molar-refractivity contribution >= 4 is 17.2 Å². The Morgan fingerprint density at radius 3 is 2.74 bits per heavy atom. The number of hydrogen-bond donors (Lipinski definition) is 3. The van der Waals surface area contributed by atoms with Gasteiger partial charge in [0.25, 0.3) is 0 Å². The molecule has 34 heavy (non-hydrogen) atoms. The Morgan fingerprint density at radius 2 is 2.06 bits per heavy atom. The van der Waals surface area contributed by atoms with Crippen LogP contribution >= 0.6 is 11.3 Å². The summed E-state index contributed by atoms with van der Waals surface area (Å²) in [5.74, 6) is -0.147. The second-order valence-corrected chi connectivity index (χ2v) is 8.63. The third kappa shape index (κ3) is 4.44. The van der Waals surface area contributed by atoms with Gasteiger partial charge in [-0.25, -0.2) is 14.4 Å². The van der Waals surface area contributed by atoms with Crippen LogP contribution in [0, 0.1) is 17.1 Å². The number of nitrogens with two attached hydrogens (primary N) is 1. The molecule has 0 aliphatic rings. The third-order valence-electron chi connectivity index (χ3n) is 5.01. The van der Waals surface area contributed by atoms with Crippen LogP contribution in [-0.4, -0.2) is 41.8 Å². The summed E-state index contributed by atoms with van der Waals surface area (Å²) in [7, 11) is 0. The zero-order valence-electron chi connectivity index (χ0n) is 18.2. The van der Waals surface area contributed by atoms with Gasteiger partial charge in [0.15, 0.2) is 17.3 Å². The Morgan fingerprint density at radius 1 is 1.32 bits per heavy atom. The Bertz CT molecular complexity index is 1370. The molecule has 1 aromatic carbocycles. The monoisotopic (exact) mass is 481 g/mol. The van der Waals surface area contributed by atoms with E-state index in [0.29, 0.717) is 21.7 Å². The van der Waals surface area contributed by atoms with E-state index in [1.165, 1.54) is 42.4 Å². The number of rotatable bonds is 7. The molecule has 0 radical (unpaired) electrons. The van der Waals surface area contributed by atoms with E-state index in [1.54, 1.807) is 19.1 Å². The van der Waals surface area contributed by atoms with Crippen LogP contribution in [0.15, 0.2) is 42.9 Å². The van der Waals surface area contributed by atoms with E-state index >= 15 is 0 Å². The fourth-order valence-corrected chi connectivity index (χ4v) is 4.22. The summed E-state index contributed by atoms with van der Waals surface area (Å²) in [6.07, 6.45) is 3.81. The number of aliphatic hydroxyl groups is 2. The number of aromatic nitrogens is 5. The molecule has 0 saturated carbocycles. The number of anilines is 1. The number of ether oxygens (including phenoxy) is 1. The average molecular weight is 482 g/mol. The number of halogens is 1. The fraction of sp³-hybridized carbons (Fsp3) is 0.227. The van der Waals surface area contributed by atoms with Crippen molar-refractivity contribution in [3.8, 4) is 27.9 Å². The van der Waals surface area contributed by atoms with Gasteiger partial charge >= 0.3 is 0 Å². The van der Waals surface area contributed by atoms with E-state index in [9.17, 15) is 19.9 Å². The summed E-state index contributed by atoms with van der Waals surface area (Å²) in [6, 6.07) is 7.76. The molecule has 0 fully saturated rings. The molecule has 4 aromatic rings. The van der Waals surface area contributed by atoms with Crippen molar-refractivity contribution < 1.29 is 19.3 Å². The number of aliphatic hydroxyl groups excluding tert-OH is 1. The van der Waals surface area contributed by atoms with Crippen molar-refractivity contribution in [1.29, 1.82) is 5.26 Å². The molecular weight excluding hydrogens is 461 g/mol. The van der Waals surface area contributed by atoms with E-state index in [1.807, 2.05) is 6.07 Å². The average Bonchev–Trinajstić information content (AvgIpc) is 3.51. The Kier molecular flexibility index (Phi) is 6.25. The largest absolute Gasteiger partial charge is 0.482 e. The van der Waals surface area contributed by atoms with E-state index < -0.39 is 24.1 Å². The molecule has 10 nitrogen and oxygen atoms in total. The number of nitrogens with zero attached hydrogens (tertiary/aromatic N) is 6. The highest BCUT2D eigenvalue weighted by Gasteiger charge is 2.29. The van der Waals surface area contributed by atoms with Crippen LogP contribution in [0.5, 0.6) is 5.75 Å². The van der Waals surface area contributed by atoms with Gasteiger partial charge < -0.3 is 20.7 Å². The summed E-state index contributed by atoms with van der Waals surface area (Å²) >= 11 is 1.05. The SMILES string of the molecule is C[C@@H](Oc1cc(-c2sc([C@](C)(O)CO)nc2C#N)cnc1N)c1cc(F)ccc1-n1nccn1. The predicted octanol–water partition coefficient (Wildman–Crippen LogP) is 2.72. The van der Waals surface area contributed by atoms with Crippen molar-refractivity contribution in [2.45, 2.75) is 25.6 Å². The topological polar surface area (TPSA) is 156 Å². The maximum Gasteiger partial charge on any atom is 0.166 e. The van der Waals surface area contributed by atoms with Crippen LogP contribution in [-0.2, 0) is 5.60 Å². The first-order chi connectivity index (χ1) is 16.2. The van der Waals surface area contributed by atoms with Gasteiger partial charge in [-0.1, -0.05) is 0 Å². The molecule has 0 amide bonds. The van der Waals surface area contributed by atoms with Gasteiger partial charge in [-0.15, -0.1) is 11.3 Å². The number of pyridine rings is 1. The number of thiazole rings is 1. The number of hydrogen-bond acceptors (Lipinski definition) is 10. The molecule has 0 spiro atoms. The summed E-state index contributed by atoms with van der Waals surface area (Å²) in [5.41, 5.74) is 6.00. The molecule has 12 heteroatoms. The highest BCUT2D eigenvalue weighted by molar-refractivity contribution is 7.15. The van der Waals surface area contributed by atoms with Gasteiger partial charge in [-0.05, 0) is 38.1 Å². The molecule has 174 valence electrons. The van der Waals surface area contributed by atoms with Crippen LogP contribution in [0.25, 0.3) is 16.1 Å². The van der Waals surface area contributed by atoms with Gasteiger partial charge in [0.2, 0.25) is 0 Å². The third-order valence-corrected chi connectivity index (χ3v) is 6.37. The zero-order valence-corrected chi connectivity index (χ0v) is 19.0. The highest BCUT2D eigenvalue weighted by atomic mass is 32.1. The van der Waals surface area contributed by atoms with Crippen molar-refractivity contribution in [2.75, 3.05) is 12.3 Å². The van der Waals surface area contributed by atoms with Crippen molar-refractivity contribution in [3.63, 3.8) is 0 Å². The minimum atomic E-state index is -1.60. The van der Waals surface area contributed by atoms with E-state index in [2.05, 4.69) is 20.2 Å². The lowest BCUT2D eigenvalue weighted by Crippen LogP contribution is -2.25. The quantitative estimate of drug-likeness (QED) is 0.361. The Hall–Kier alpha value is -3.92. The summed E-state index contributed by atoms with van der Waals surface area (Å²) in [4.78, 5) is 10.1. The Labute approximate surface area is 197 Å². The molecule has 3 aromatic heterocycles. The van der Waals surface area contributed by atoms with Crippen LogP contribution in [0.2, 0.25) is 0 Å². The first-order valence-corrected chi connectivity index (χ1v) is 10.9. The molecule has 0 bridgehead atoms. The fourth-order valence-electron chi connectivity index (χ4n) is 3.19. The highest BCUT2D eigenvalue weighted by Crippen LogP contribution is 2.38. The molecule has 0 aliphatic carbocycles. The summed E-state index contributed by atoms with van der Waals surface area (Å²) in [5, 5.41) is 37.7. The van der Waals surface area contributed by atoms with Gasteiger partial charge in [-0.3, -0.25) is 0 Å². The lowest BCUT2D eigenvalue weighted by molar-refractivity contribution is -0.00247. The minimum Gasteiger partial charge on any atom is -0.482 e. The molecular formula is C22H20FN7O3S. The van der Waals surface area contributed by atoms with Gasteiger partial charge in [-0.2, -0.15) is 20.3 Å². The standard InChI is InChI=1S/C22H20FN7O3S/c1-12(15-8-14(23)3-4-17(15)30-27-5-6-28-30)33-18-7-13(10-26-20(18)25)19-16(9-24)29-21(34-19)22(2,32)11-31/h3-8,10,12,31-32H,11H2,1-2H3,(H2,25,26)/t12-,22-/m1/s1. The maximum atomic E-state index is 14.0. The molecule has 0 unspecified atom stereocenters. The number of nitrogen functional groups attached to an aromatic ring is 1. The van der Waals surface area contributed by atoms with Gasteiger partial charge in [0.05, 0.1) is 29.6 Å². The molecule has 4 N–H and O–H groups in total. The summed E-state index contributed by atoms with van der Waals surface area (Å²) in [6.45, 7) is 2.56. The normalized spacial score (nSPS) is 13.8. The van der Waals surface area contributed by atoms with Crippen LogP contribution in [0.1, 0.15) is 36.2 Å². The number of benzene rings is 1. The molecule has 4 rings (SSSR count). The van der Waals surface area contributed by atoms with Gasteiger partial charge in [0.1, 0.15) is 28.6 Å². The van der Waals surface area contributed by atoms with Crippen LogP contribution in [0.3, 0.4) is 0 Å². The van der Waals surface area contributed by atoms with Crippen molar-refractivity contribution in [3.05, 3.63) is 64.9 Å². The zero-order chi connectivity index (χ0) is 24.5. The second kappa shape index (κ2) is 9.14. The molecule has 3 heterocycles. The number of nitriles is 1. The first-order valence-electron chi connectivity index (χ1n) is 10.1. The lowest BCUT2D eigenvalue weighted by atomic mass is 10.1. The van der Waals surface area contributed by atoms with Crippen molar-refractivity contribution in [2.24, 2.45) is 0 Å². The predicted molar refractivity (Wildman–Crippen MR) is 121 cm³/mol. The summed E-state index contributed by atoms with van der Waals surface area (Å²) < 4.78 is 20.1. The minimum absolute atomic E-state index is 0.0662. The van der Waals surface area contributed by atoms with Crippen LogP contribution < -0.4 is 10.5 Å². The second-order valence-electron chi connectivity index (χ2n) is 7.63. The van der Waals surface area contributed by atoms with E-state index in [4.69, 9.17) is 10.5 Å². The lowest BCUT2D eigenvalue weighted by Gasteiger charge is -2.19. The smallest absolute Gasteiger partial charge is 0.166 e. The Balaban J connectivity index is 1.70. The first kappa shape index (κ1) is 23.2. The molecule has 2 atom stereocenters. The molecule has 0 saturated heterocycles. The molecule has 0 aliphatic heterocycles. The van der Waals surface area contributed by atoms with Crippen molar-refractivity contribution in [1.82, 2.24) is 25.0 Å². The van der Waals surface area contributed by atoms with Gasteiger partial charge in [0, 0.05) is 17.3 Å².